The lowest BCUT2D eigenvalue weighted by Gasteiger charge is -2.32. The van der Waals surface area contributed by atoms with E-state index in [0.29, 0.717) is 38.4 Å². The molecular weight excluding hydrogens is 392 g/mol. The molecule has 2 amide bonds. The van der Waals surface area contributed by atoms with Gasteiger partial charge >= 0.3 is 0 Å². The summed E-state index contributed by atoms with van der Waals surface area (Å²) in [7, 11) is 3.25. The first-order valence-electron chi connectivity index (χ1n) is 10.8. The van der Waals surface area contributed by atoms with E-state index >= 15 is 0 Å². The van der Waals surface area contributed by atoms with Crippen LogP contribution in [-0.2, 0) is 11.2 Å². The van der Waals surface area contributed by atoms with E-state index < -0.39 is 0 Å². The molecule has 1 aliphatic rings. The summed E-state index contributed by atoms with van der Waals surface area (Å²) in [6.45, 7) is 3.98. The molecule has 0 saturated carbocycles. The summed E-state index contributed by atoms with van der Waals surface area (Å²) in [4.78, 5) is 26.9. The second-order valence-electron chi connectivity index (χ2n) is 8.08. The van der Waals surface area contributed by atoms with Crippen LogP contribution in [0.1, 0.15) is 40.7 Å². The Balaban J connectivity index is 1.40. The minimum atomic E-state index is 0.0655. The molecule has 0 aliphatic carbocycles. The van der Waals surface area contributed by atoms with Gasteiger partial charge in [-0.1, -0.05) is 23.8 Å². The topological polar surface area (TPSA) is 67.9 Å². The van der Waals surface area contributed by atoms with E-state index in [0.717, 1.165) is 41.0 Å². The molecule has 6 nitrogen and oxygen atoms in total. The molecule has 0 atom stereocenters. The Morgan fingerprint density at radius 2 is 1.74 bits per heavy atom. The molecule has 1 heterocycles. The van der Waals surface area contributed by atoms with Crippen molar-refractivity contribution in [3.63, 3.8) is 0 Å². The van der Waals surface area contributed by atoms with Crippen molar-refractivity contribution in [2.24, 2.45) is 5.92 Å². The summed E-state index contributed by atoms with van der Waals surface area (Å²) < 4.78 is 10.6. The van der Waals surface area contributed by atoms with Crippen molar-refractivity contribution in [3.8, 4) is 11.5 Å². The number of methoxy groups -OCH3 is 2. The molecule has 0 aromatic heterocycles. The maximum absolute atomic E-state index is 12.6. The first-order valence-corrected chi connectivity index (χ1v) is 10.8. The number of hydrogen-bond donors (Lipinski definition) is 1. The average Bonchev–Trinajstić information content (AvgIpc) is 2.79. The first kappa shape index (κ1) is 22.7. The van der Waals surface area contributed by atoms with E-state index in [1.807, 2.05) is 54.3 Å². The summed E-state index contributed by atoms with van der Waals surface area (Å²) in [5.41, 5.74) is 2.91. The Morgan fingerprint density at radius 3 is 2.39 bits per heavy atom. The molecule has 0 unspecified atom stereocenters. The van der Waals surface area contributed by atoms with Crippen molar-refractivity contribution in [2.45, 2.75) is 32.6 Å². The molecule has 1 saturated heterocycles. The first-order chi connectivity index (χ1) is 15.0. The molecule has 6 heteroatoms. The number of carbonyl (C=O) groups is 2. The van der Waals surface area contributed by atoms with Crippen LogP contribution >= 0.6 is 0 Å². The normalized spacial score (nSPS) is 14.2. The SMILES string of the molecule is COc1ccc(CCNC(=O)CC2CCN(C(=O)c3ccc(C)cc3)CC2)c(OC)c1. The molecule has 31 heavy (non-hydrogen) atoms. The van der Waals surface area contributed by atoms with Gasteiger partial charge in [0, 0.05) is 37.7 Å². The van der Waals surface area contributed by atoms with Gasteiger partial charge in [0.15, 0.2) is 0 Å². The average molecular weight is 425 g/mol. The molecule has 166 valence electrons. The quantitative estimate of drug-likeness (QED) is 0.703. The van der Waals surface area contributed by atoms with Crippen molar-refractivity contribution in [1.82, 2.24) is 10.2 Å². The second kappa shape index (κ2) is 10.8. The van der Waals surface area contributed by atoms with Crippen molar-refractivity contribution < 1.29 is 19.1 Å². The Kier molecular flexibility index (Phi) is 7.93. The highest BCUT2D eigenvalue weighted by Crippen LogP contribution is 2.25. The number of aryl methyl sites for hydroxylation is 1. The van der Waals surface area contributed by atoms with Gasteiger partial charge in [-0.2, -0.15) is 0 Å². The zero-order chi connectivity index (χ0) is 22.2. The van der Waals surface area contributed by atoms with Gasteiger partial charge in [0.05, 0.1) is 14.2 Å². The molecule has 2 aromatic rings. The molecule has 1 N–H and O–H groups in total. The van der Waals surface area contributed by atoms with Gasteiger partial charge in [-0.05, 0) is 55.9 Å². The van der Waals surface area contributed by atoms with Gasteiger partial charge in [-0.15, -0.1) is 0 Å². The van der Waals surface area contributed by atoms with E-state index in [-0.39, 0.29) is 11.8 Å². The molecule has 3 rings (SSSR count). The molecule has 1 aliphatic heterocycles. The van der Waals surface area contributed by atoms with Crippen molar-refractivity contribution in [1.29, 1.82) is 0 Å². The number of rotatable bonds is 8. The fourth-order valence-corrected chi connectivity index (χ4v) is 3.95. The van der Waals surface area contributed by atoms with E-state index in [2.05, 4.69) is 5.32 Å². The van der Waals surface area contributed by atoms with Crippen LogP contribution in [0.15, 0.2) is 42.5 Å². The van der Waals surface area contributed by atoms with Gasteiger partial charge < -0.3 is 19.7 Å². The standard InChI is InChI=1S/C25H32N2O4/c1-18-4-6-21(7-5-18)25(29)27-14-11-19(12-15-27)16-24(28)26-13-10-20-8-9-22(30-2)17-23(20)31-3/h4-9,17,19H,10-16H2,1-3H3,(H,26,28). The summed E-state index contributed by atoms with van der Waals surface area (Å²) >= 11 is 0. The minimum absolute atomic E-state index is 0.0655. The van der Waals surface area contributed by atoms with Gasteiger partial charge in [0.25, 0.3) is 5.91 Å². The monoisotopic (exact) mass is 424 g/mol. The molecule has 0 spiro atoms. The van der Waals surface area contributed by atoms with Crippen molar-refractivity contribution in [2.75, 3.05) is 33.9 Å². The highest BCUT2D eigenvalue weighted by atomic mass is 16.5. The number of piperidine rings is 1. The molecule has 0 radical (unpaired) electrons. The molecular formula is C25H32N2O4. The number of amides is 2. The van der Waals surface area contributed by atoms with E-state index in [1.165, 1.54) is 0 Å². The summed E-state index contributed by atoms with van der Waals surface area (Å²) in [6.07, 6.45) is 2.92. The van der Waals surface area contributed by atoms with Crippen LogP contribution in [0.2, 0.25) is 0 Å². The smallest absolute Gasteiger partial charge is 0.253 e. The number of hydrogen-bond acceptors (Lipinski definition) is 4. The van der Waals surface area contributed by atoms with E-state index in [4.69, 9.17) is 9.47 Å². The Morgan fingerprint density at radius 1 is 1.03 bits per heavy atom. The van der Waals surface area contributed by atoms with E-state index in [9.17, 15) is 9.59 Å². The van der Waals surface area contributed by atoms with Crippen molar-refractivity contribution >= 4 is 11.8 Å². The van der Waals surface area contributed by atoms with Crippen LogP contribution in [0.4, 0.5) is 0 Å². The number of benzene rings is 2. The summed E-state index contributed by atoms with van der Waals surface area (Å²) in [5.74, 6) is 1.97. The van der Waals surface area contributed by atoms with Crippen LogP contribution in [0, 0.1) is 12.8 Å². The second-order valence-corrected chi connectivity index (χ2v) is 8.08. The lowest BCUT2D eigenvalue weighted by molar-refractivity contribution is -0.122. The third-order valence-electron chi connectivity index (χ3n) is 5.89. The van der Waals surface area contributed by atoms with Crippen LogP contribution in [0.3, 0.4) is 0 Å². The lowest BCUT2D eigenvalue weighted by atomic mass is 9.92. The Labute approximate surface area is 184 Å². The summed E-state index contributed by atoms with van der Waals surface area (Å²) in [6, 6.07) is 13.4. The highest BCUT2D eigenvalue weighted by molar-refractivity contribution is 5.94. The summed E-state index contributed by atoms with van der Waals surface area (Å²) in [5, 5.41) is 3.02. The predicted molar refractivity (Wildman–Crippen MR) is 121 cm³/mol. The van der Waals surface area contributed by atoms with Gasteiger partial charge in [0.2, 0.25) is 5.91 Å². The van der Waals surface area contributed by atoms with Crippen LogP contribution in [0.25, 0.3) is 0 Å². The van der Waals surface area contributed by atoms with Gasteiger partial charge in [-0.3, -0.25) is 9.59 Å². The third kappa shape index (κ3) is 6.23. The number of nitrogens with one attached hydrogen (secondary N) is 1. The predicted octanol–water partition coefficient (Wildman–Crippen LogP) is 3.61. The zero-order valence-corrected chi connectivity index (χ0v) is 18.6. The van der Waals surface area contributed by atoms with Crippen LogP contribution in [0.5, 0.6) is 11.5 Å². The van der Waals surface area contributed by atoms with Gasteiger partial charge in [-0.25, -0.2) is 0 Å². The number of ether oxygens (including phenoxy) is 2. The Bertz CT molecular complexity index is 887. The van der Waals surface area contributed by atoms with Gasteiger partial charge in [0.1, 0.15) is 11.5 Å². The molecule has 2 aromatic carbocycles. The number of nitrogens with zero attached hydrogens (tertiary/aromatic N) is 1. The van der Waals surface area contributed by atoms with Crippen molar-refractivity contribution in [3.05, 3.63) is 59.2 Å². The minimum Gasteiger partial charge on any atom is -0.497 e. The molecule has 0 bridgehead atoms. The van der Waals surface area contributed by atoms with Crippen LogP contribution in [-0.4, -0.2) is 50.6 Å². The number of likely N-dealkylation sites (tertiary alicyclic amines) is 1. The maximum Gasteiger partial charge on any atom is 0.253 e. The third-order valence-corrected chi connectivity index (χ3v) is 5.89. The highest BCUT2D eigenvalue weighted by Gasteiger charge is 2.25. The van der Waals surface area contributed by atoms with Crippen LogP contribution < -0.4 is 14.8 Å². The van der Waals surface area contributed by atoms with E-state index in [1.54, 1.807) is 14.2 Å². The maximum atomic E-state index is 12.6. The molecule has 1 fully saturated rings. The zero-order valence-electron chi connectivity index (χ0n) is 18.6. The number of carbonyl (C=O) groups excluding carboxylic acids is 2. The Hall–Kier alpha value is -3.02. The fraction of sp³-hybridized carbons (Fsp3) is 0.440. The fourth-order valence-electron chi connectivity index (χ4n) is 3.95. The largest absolute Gasteiger partial charge is 0.497 e. The lowest BCUT2D eigenvalue weighted by Crippen LogP contribution is -2.39.